The Morgan fingerprint density at radius 2 is 2.08 bits per heavy atom. The van der Waals surface area contributed by atoms with Crippen LogP contribution >= 0.6 is 0 Å². The van der Waals surface area contributed by atoms with Crippen LogP contribution in [-0.4, -0.2) is 15.0 Å². The fourth-order valence-corrected chi connectivity index (χ4v) is 1.04. The van der Waals surface area contributed by atoms with E-state index in [9.17, 15) is 0 Å². The van der Waals surface area contributed by atoms with Gasteiger partial charge in [0.1, 0.15) is 11.3 Å². The van der Waals surface area contributed by atoms with Gasteiger partial charge in [-0.25, -0.2) is 9.97 Å². The maximum absolute atomic E-state index is 5.45. The number of aromatic amines is 1. The molecule has 0 aliphatic carbocycles. The number of rotatable bonds is 0. The second-order valence-electron chi connectivity index (χ2n) is 2.48. The number of nitrogens with zero attached hydrogens (tertiary/aromatic N) is 2. The van der Waals surface area contributed by atoms with Gasteiger partial charge in [-0.2, -0.15) is 0 Å². The van der Waals surface area contributed by atoms with Crippen molar-refractivity contribution < 1.29 is 0 Å². The molecule has 0 aliphatic rings. The first kappa shape index (κ1) is 9.51. The Morgan fingerprint density at radius 1 is 1.38 bits per heavy atom. The van der Waals surface area contributed by atoms with Crippen LogP contribution in [0.1, 0.15) is 19.5 Å². The van der Waals surface area contributed by atoms with E-state index in [2.05, 4.69) is 15.0 Å². The highest BCUT2D eigenvalue weighted by Crippen LogP contribution is 2.10. The molecule has 2 rings (SSSR count). The topological polar surface area (TPSA) is 67.6 Å². The molecule has 0 spiro atoms. The zero-order valence-corrected chi connectivity index (χ0v) is 8.13. The number of nitrogens with two attached hydrogens (primary N) is 1. The number of fused-ring (bicyclic) bond motifs is 1. The molecule has 2 aromatic rings. The van der Waals surface area contributed by atoms with Gasteiger partial charge in [0.2, 0.25) is 0 Å². The molecule has 2 heterocycles. The number of nitrogen functional groups attached to an aromatic ring is 1. The van der Waals surface area contributed by atoms with Crippen molar-refractivity contribution in [2.45, 2.75) is 20.8 Å². The van der Waals surface area contributed by atoms with E-state index < -0.39 is 0 Å². The summed E-state index contributed by atoms with van der Waals surface area (Å²) in [5, 5.41) is 0. The van der Waals surface area contributed by atoms with Crippen molar-refractivity contribution in [2.24, 2.45) is 0 Å². The molecule has 0 amide bonds. The summed E-state index contributed by atoms with van der Waals surface area (Å²) in [7, 11) is 0. The number of hydrogen-bond acceptors (Lipinski definition) is 3. The third-order valence-corrected chi connectivity index (χ3v) is 1.49. The van der Waals surface area contributed by atoms with E-state index in [0.29, 0.717) is 5.82 Å². The molecule has 0 saturated carbocycles. The van der Waals surface area contributed by atoms with Crippen molar-refractivity contribution in [3.63, 3.8) is 0 Å². The summed E-state index contributed by atoms with van der Waals surface area (Å²) in [6.45, 7) is 5.96. The van der Waals surface area contributed by atoms with Gasteiger partial charge >= 0.3 is 0 Å². The molecule has 13 heavy (non-hydrogen) atoms. The smallest absolute Gasteiger partial charge is 0.156 e. The molecular weight excluding hydrogens is 164 g/mol. The van der Waals surface area contributed by atoms with Gasteiger partial charge in [-0.05, 0) is 13.0 Å². The molecule has 3 N–H and O–H groups in total. The third-order valence-electron chi connectivity index (χ3n) is 1.49. The summed E-state index contributed by atoms with van der Waals surface area (Å²) in [5.41, 5.74) is 8.10. The minimum atomic E-state index is 0.455. The molecule has 0 atom stereocenters. The quantitative estimate of drug-likeness (QED) is 0.647. The third kappa shape index (κ3) is 1.96. The maximum Gasteiger partial charge on any atom is 0.156 e. The first-order valence-corrected chi connectivity index (χ1v) is 4.33. The standard InChI is InChI=1S/C7H8N4.C2H6/c1-4-2-5-7(10-4)9-3-6(8)11-5;1-2/h2-3H,1H3,(H2,8,11)(H,9,10);1-2H3. The van der Waals surface area contributed by atoms with Gasteiger partial charge in [0.05, 0.1) is 6.20 Å². The SMILES string of the molecule is CC.Cc1cc2nc(N)cnc2[nH]1. The van der Waals surface area contributed by atoms with Gasteiger partial charge in [0.15, 0.2) is 5.65 Å². The van der Waals surface area contributed by atoms with Gasteiger partial charge < -0.3 is 10.7 Å². The van der Waals surface area contributed by atoms with Crippen LogP contribution in [0.3, 0.4) is 0 Å². The molecule has 70 valence electrons. The summed E-state index contributed by atoms with van der Waals surface area (Å²) in [4.78, 5) is 11.2. The van der Waals surface area contributed by atoms with Crippen molar-refractivity contribution in [2.75, 3.05) is 5.73 Å². The Balaban J connectivity index is 0.000000396. The van der Waals surface area contributed by atoms with E-state index in [1.54, 1.807) is 0 Å². The highest BCUT2D eigenvalue weighted by molar-refractivity contribution is 5.72. The lowest BCUT2D eigenvalue weighted by Crippen LogP contribution is -1.90. The van der Waals surface area contributed by atoms with Crippen LogP contribution in [0.2, 0.25) is 0 Å². The van der Waals surface area contributed by atoms with E-state index >= 15 is 0 Å². The van der Waals surface area contributed by atoms with E-state index in [-0.39, 0.29) is 0 Å². The highest BCUT2D eigenvalue weighted by Gasteiger charge is 1.98. The second kappa shape index (κ2) is 3.89. The Hall–Kier alpha value is -1.58. The van der Waals surface area contributed by atoms with Crippen LogP contribution < -0.4 is 5.73 Å². The summed E-state index contributed by atoms with van der Waals surface area (Å²) in [5.74, 6) is 0.455. The van der Waals surface area contributed by atoms with Crippen LogP contribution in [0.5, 0.6) is 0 Å². The van der Waals surface area contributed by atoms with Crippen LogP contribution in [-0.2, 0) is 0 Å². The monoisotopic (exact) mass is 178 g/mol. The first-order valence-electron chi connectivity index (χ1n) is 4.33. The van der Waals surface area contributed by atoms with E-state index in [0.717, 1.165) is 16.9 Å². The number of aryl methyl sites for hydroxylation is 1. The maximum atomic E-state index is 5.45. The van der Waals surface area contributed by atoms with E-state index in [1.807, 2.05) is 26.8 Å². The normalized spacial score (nSPS) is 9.46. The second-order valence-corrected chi connectivity index (χ2v) is 2.48. The molecular formula is C9H14N4. The van der Waals surface area contributed by atoms with Gasteiger partial charge in [-0.3, -0.25) is 0 Å². The van der Waals surface area contributed by atoms with E-state index in [1.165, 1.54) is 6.20 Å². The molecule has 4 heteroatoms. The van der Waals surface area contributed by atoms with Gasteiger partial charge in [-0.1, -0.05) is 13.8 Å². The number of H-pyrrole nitrogens is 1. The molecule has 0 aromatic carbocycles. The Labute approximate surface area is 77.2 Å². The molecule has 0 radical (unpaired) electrons. The molecule has 4 nitrogen and oxygen atoms in total. The average Bonchev–Trinajstić information content (AvgIpc) is 2.48. The molecule has 0 aliphatic heterocycles. The summed E-state index contributed by atoms with van der Waals surface area (Å²) in [6.07, 6.45) is 1.54. The highest BCUT2D eigenvalue weighted by atomic mass is 15.0. The zero-order chi connectivity index (χ0) is 9.84. The lowest BCUT2D eigenvalue weighted by Gasteiger charge is -1.89. The largest absolute Gasteiger partial charge is 0.382 e. The molecule has 0 bridgehead atoms. The Morgan fingerprint density at radius 3 is 2.77 bits per heavy atom. The van der Waals surface area contributed by atoms with Crippen LogP contribution in [0.25, 0.3) is 11.2 Å². The molecule has 0 unspecified atom stereocenters. The predicted octanol–water partition coefficient (Wildman–Crippen LogP) is 1.87. The van der Waals surface area contributed by atoms with Crippen LogP contribution in [0.4, 0.5) is 5.82 Å². The molecule has 0 fully saturated rings. The number of aromatic nitrogens is 3. The minimum absolute atomic E-state index is 0.455. The van der Waals surface area contributed by atoms with Crippen molar-refractivity contribution in [1.82, 2.24) is 15.0 Å². The van der Waals surface area contributed by atoms with Crippen molar-refractivity contribution >= 4 is 17.0 Å². The lowest BCUT2D eigenvalue weighted by atomic mass is 10.4. The Bertz CT molecular complexity index is 391. The van der Waals surface area contributed by atoms with E-state index in [4.69, 9.17) is 5.73 Å². The average molecular weight is 178 g/mol. The Kier molecular flexibility index (Phi) is 2.84. The van der Waals surface area contributed by atoms with Crippen LogP contribution in [0, 0.1) is 6.92 Å². The predicted molar refractivity (Wildman–Crippen MR) is 54.4 cm³/mol. The fourth-order valence-electron chi connectivity index (χ4n) is 1.04. The van der Waals surface area contributed by atoms with Crippen molar-refractivity contribution in [3.05, 3.63) is 18.0 Å². The minimum Gasteiger partial charge on any atom is -0.382 e. The van der Waals surface area contributed by atoms with Gasteiger partial charge in [0, 0.05) is 5.69 Å². The fraction of sp³-hybridized carbons (Fsp3) is 0.333. The van der Waals surface area contributed by atoms with Gasteiger partial charge in [-0.15, -0.1) is 0 Å². The summed E-state index contributed by atoms with van der Waals surface area (Å²) < 4.78 is 0. The van der Waals surface area contributed by atoms with Crippen molar-refractivity contribution in [1.29, 1.82) is 0 Å². The lowest BCUT2D eigenvalue weighted by molar-refractivity contribution is 1.23. The summed E-state index contributed by atoms with van der Waals surface area (Å²) in [6, 6.07) is 1.92. The van der Waals surface area contributed by atoms with Crippen molar-refractivity contribution in [3.8, 4) is 0 Å². The number of anilines is 1. The molecule has 2 aromatic heterocycles. The first-order chi connectivity index (χ1) is 6.25. The molecule has 0 saturated heterocycles. The zero-order valence-electron chi connectivity index (χ0n) is 8.13. The summed E-state index contributed by atoms with van der Waals surface area (Å²) >= 11 is 0. The number of hydrogen-bond donors (Lipinski definition) is 2. The number of nitrogens with one attached hydrogen (secondary N) is 1. The van der Waals surface area contributed by atoms with Crippen LogP contribution in [0.15, 0.2) is 12.3 Å². The van der Waals surface area contributed by atoms with Gasteiger partial charge in [0.25, 0.3) is 0 Å².